The maximum Gasteiger partial charge on any atom is 0.0393 e. The first-order valence-corrected chi connectivity index (χ1v) is 8.01. The van der Waals surface area contributed by atoms with E-state index in [0.717, 1.165) is 0 Å². The van der Waals surface area contributed by atoms with Crippen LogP contribution in [0.15, 0.2) is 24.3 Å². The lowest BCUT2D eigenvalue weighted by Crippen LogP contribution is -2.11. The molecule has 0 aliphatic carbocycles. The Hall–Kier alpha value is -0.500. The standard InChI is InChI=1S/C18H31N.BrH/c1-4-5-6-7-8-9-10-11-14-17-15-12-13-16-18(17)19(2)3;/h12-13,15-16H,4-11,14H2,1-3H3;1H. The van der Waals surface area contributed by atoms with Crippen molar-refractivity contribution in [1.29, 1.82) is 0 Å². The third kappa shape index (κ3) is 7.94. The summed E-state index contributed by atoms with van der Waals surface area (Å²) in [5.41, 5.74) is 2.88. The SMILES string of the molecule is Br.CCCCCCCCCCc1ccccc1N(C)C. The first kappa shape index (κ1) is 19.5. The van der Waals surface area contributed by atoms with Gasteiger partial charge in [0.2, 0.25) is 0 Å². The number of para-hydroxylation sites is 1. The van der Waals surface area contributed by atoms with Crippen molar-refractivity contribution in [2.45, 2.75) is 64.7 Å². The molecule has 0 fully saturated rings. The van der Waals surface area contributed by atoms with Crippen LogP contribution in [0, 0.1) is 0 Å². The molecule has 0 atom stereocenters. The fourth-order valence-electron chi connectivity index (χ4n) is 2.61. The Morgan fingerprint density at radius 1 is 0.800 bits per heavy atom. The van der Waals surface area contributed by atoms with E-state index in [4.69, 9.17) is 0 Å². The second-order valence-corrected chi connectivity index (χ2v) is 5.75. The van der Waals surface area contributed by atoms with Gasteiger partial charge in [0.1, 0.15) is 0 Å². The molecule has 0 radical (unpaired) electrons. The molecule has 2 heteroatoms. The van der Waals surface area contributed by atoms with Crippen LogP contribution < -0.4 is 4.90 Å². The largest absolute Gasteiger partial charge is 0.377 e. The molecule has 0 bridgehead atoms. The molecule has 1 aromatic rings. The molecule has 0 aromatic heterocycles. The van der Waals surface area contributed by atoms with Crippen LogP contribution in [0.3, 0.4) is 0 Å². The summed E-state index contributed by atoms with van der Waals surface area (Å²) in [4.78, 5) is 2.22. The van der Waals surface area contributed by atoms with Gasteiger partial charge in [-0.1, -0.05) is 70.1 Å². The van der Waals surface area contributed by atoms with Crippen molar-refractivity contribution >= 4 is 22.7 Å². The molecule has 116 valence electrons. The third-order valence-electron chi connectivity index (χ3n) is 3.77. The van der Waals surface area contributed by atoms with E-state index >= 15 is 0 Å². The van der Waals surface area contributed by atoms with Crippen molar-refractivity contribution in [1.82, 2.24) is 0 Å². The van der Waals surface area contributed by atoms with Gasteiger partial charge in [0.05, 0.1) is 0 Å². The molecule has 0 spiro atoms. The molecule has 0 aliphatic rings. The van der Waals surface area contributed by atoms with E-state index in [0.29, 0.717) is 0 Å². The zero-order valence-electron chi connectivity index (χ0n) is 13.5. The highest BCUT2D eigenvalue weighted by molar-refractivity contribution is 8.93. The van der Waals surface area contributed by atoms with Gasteiger partial charge in [-0.2, -0.15) is 0 Å². The van der Waals surface area contributed by atoms with Crippen LogP contribution in [0.2, 0.25) is 0 Å². The van der Waals surface area contributed by atoms with Gasteiger partial charge in [-0.05, 0) is 24.5 Å². The fraction of sp³-hybridized carbons (Fsp3) is 0.667. The molecular weight excluding hydrogens is 310 g/mol. The van der Waals surface area contributed by atoms with Crippen molar-refractivity contribution in [3.05, 3.63) is 29.8 Å². The lowest BCUT2D eigenvalue weighted by atomic mass is 10.0. The molecule has 0 unspecified atom stereocenters. The average Bonchev–Trinajstić information content (AvgIpc) is 2.42. The maximum absolute atomic E-state index is 2.28. The molecule has 0 amide bonds. The van der Waals surface area contributed by atoms with Crippen LogP contribution in [-0.2, 0) is 6.42 Å². The number of nitrogens with zero attached hydrogens (tertiary/aromatic N) is 1. The fourth-order valence-corrected chi connectivity index (χ4v) is 2.61. The van der Waals surface area contributed by atoms with Gasteiger partial charge < -0.3 is 4.90 Å². The van der Waals surface area contributed by atoms with E-state index in [1.165, 1.54) is 69.0 Å². The van der Waals surface area contributed by atoms with Crippen LogP contribution in [0.1, 0.15) is 63.9 Å². The van der Waals surface area contributed by atoms with E-state index in [1.807, 2.05) is 0 Å². The van der Waals surface area contributed by atoms with Crippen molar-refractivity contribution in [2.75, 3.05) is 19.0 Å². The zero-order chi connectivity index (χ0) is 13.9. The number of aryl methyl sites for hydroxylation is 1. The number of hydrogen-bond donors (Lipinski definition) is 0. The highest BCUT2D eigenvalue weighted by Crippen LogP contribution is 2.20. The van der Waals surface area contributed by atoms with Gasteiger partial charge in [-0.15, -0.1) is 17.0 Å². The summed E-state index contributed by atoms with van der Waals surface area (Å²) >= 11 is 0. The van der Waals surface area contributed by atoms with Gasteiger partial charge in [0.25, 0.3) is 0 Å². The molecule has 1 rings (SSSR count). The normalized spacial score (nSPS) is 10.2. The Labute approximate surface area is 136 Å². The van der Waals surface area contributed by atoms with Gasteiger partial charge in [0, 0.05) is 19.8 Å². The number of hydrogen-bond acceptors (Lipinski definition) is 1. The van der Waals surface area contributed by atoms with Crippen LogP contribution in [0.4, 0.5) is 5.69 Å². The number of anilines is 1. The minimum Gasteiger partial charge on any atom is -0.377 e. The summed E-state index contributed by atoms with van der Waals surface area (Å²) in [7, 11) is 4.26. The summed E-state index contributed by atoms with van der Waals surface area (Å²) in [6.07, 6.45) is 12.4. The Balaban J connectivity index is 0.00000361. The first-order valence-electron chi connectivity index (χ1n) is 8.01. The van der Waals surface area contributed by atoms with Gasteiger partial charge in [-0.3, -0.25) is 0 Å². The number of halogens is 1. The van der Waals surface area contributed by atoms with Crippen LogP contribution in [0.5, 0.6) is 0 Å². The zero-order valence-corrected chi connectivity index (χ0v) is 15.2. The minimum atomic E-state index is 0. The van der Waals surface area contributed by atoms with E-state index in [2.05, 4.69) is 50.2 Å². The molecule has 0 N–H and O–H groups in total. The molecule has 0 saturated heterocycles. The van der Waals surface area contributed by atoms with Crippen molar-refractivity contribution < 1.29 is 0 Å². The molecule has 0 aliphatic heterocycles. The summed E-state index contributed by atoms with van der Waals surface area (Å²) < 4.78 is 0. The summed E-state index contributed by atoms with van der Waals surface area (Å²) in [6.45, 7) is 2.28. The molecule has 0 heterocycles. The summed E-state index contributed by atoms with van der Waals surface area (Å²) in [5, 5.41) is 0. The second-order valence-electron chi connectivity index (χ2n) is 5.75. The Morgan fingerprint density at radius 3 is 1.95 bits per heavy atom. The van der Waals surface area contributed by atoms with Crippen LogP contribution in [0.25, 0.3) is 0 Å². The molecule has 20 heavy (non-hydrogen) atoms. The monoisotopic (exact) mass is 341 g/mol. The van der Waals surface area contributed by atoms with E-state index in [-0.39, 0.29) is 17.0 Å². The topological polar surface area (TPSA) is 3.24 Å². The predicted molar refractivity (Wildman–Crippen MR) is 97.4 cm³/mol. The summed E-state index contributed by atoms with van der Waals surface area (Å²) in [5.74, 6) is 0. The molecule has 1 nitrogen and oxygen atoms in total. The Kier molecular flexibility index (Phi) is 12.0. The average molecular weight is 342 g/mol. The molecular formula is C18H32BrN. The highest BCUT2D eigenvalue weighted by Gasteiger charge is 2.02. The Bertz CT molecular complexity index is 336. The Morgan fingerprint density at radius 2 is 1.35 bits per heavy atom. The van der Waals surface area contributed by atoms with Crippen molar-refractivity contribution in [3.63, 3.8) is 0 Å². The summed E-state index contributed by atoms with van der Waals surface area (Å²) in [6, 6.07) is 8.79. The van der Waals surface area contributed by atoms with E-state index in [9.17, 15) is 0 Å². The number of benzene rings is 1. The third-order valence-corrected chi connectivity index (χ3v) is 3.77. The number of unbranched alkanes of at least 4 members (excludes halogenated alkanes) is 7. The maximum atomic E-state index is 2.28. The minimum absolute atomic E-state index is 0. The molecule has 1 aromatic carbocycles. The quantitative estimate of drug-likeness (QED) is 0.470. The van der Waals surface area contributed by atoms with E-state index in [1.54, 1.807) is 0 Å². The van der Waals surface area contributed by atoms with Crippen molar-refractivity contribution in [3.8, 4) is 0 Å². The molecule has 0 saturated carbocycles. The first-order chi connectivity index (χ1) is 9.25. The van der Waals surface area contributed by atoms with Gasteiger partial charge >= 0.3 is 0 Å². The van der Waals surface area contributed by atoms with Crippen LogP contribution >= 0.6 is 17.0 Å². The highest BCUT2D eigenvalue weighted by atomic mass is 79.9. The second kappa shape index (κ2) is 12.3. The van der Waals surface area contributed by atoms with Gasteiger partial charge in [-0.25, -0.2) is 0 Å². The smallest absolute Gasteiger partial charge is 0.0393 e. The van der Waals surface area contributed by atoms with E-state index < -0.39 is 0 Å². The van der Waals surface area contributed by atoms with Gasteiger partial charge in [0.15, 0.2) is 0 Å². The number of rotatable bonds is 10. The van der Waals surface area contributed by atoms with Crippen LogP contribution in [-0.4, -0.2) is 14.1 Å². The lowest BCUT2D eigenvalue weighted by Gasteiger charge is -2.17. The van der Waals surface area contributed by atoms with Crippen molar-refractivity contribution in [2.24, 2.45) is 0 Å². The predicted octanol–water partition coefficient (Wildman–Crippen LogP) is 6.01. The lowest BCUT2D eigenvalue weighted by molar-refractivity contribution is 0.575.